The Morgan fingerprint density at radius 2 is 1.88 bits per heavy atom. The maximum absolute atomic E-state index is 11.3. The zero-order chi connectivity index (χ0) is 17.1. The molecule has 2 fully saturated rings. The van der Waals surface area contributed by atoms with Gasteiger partial charge in [-0.05, 0) is 87.9 Å². The first-order chi connectivity index (χ1) is 11.3. The molecule has 0 spiro atoms. The van der Waals surface area contributed by atoms with Crippen molar-refractivity contribution < 1.29 is 9.53 Å². The largest absolute Gasteiger partial charge is 0.462 e. The van der Waals surface area contributed by atoms with Gasteiger partial charge in [0, 0.05) is 18.8 Å². The Morgan fingerprint density at radius 1 is 1.12 bits per heavy atom. The molecule has 2 nitrogen and oxygen atoms in total. The van der Waals surface area contributed by atoms with Crippen LogP contribution in [-0.2, 0) is 9.53 Å². The van der Waals surface area contributed by atoms with Crippen LogP contribution in [0.15, 0.2) is 21.3 Å². The monoisotopic (exact) mass is 440 g/mol. The first-order valence-corrected chi connectivity index (χ1v) is 10.7. The molecule has 0 bridgehead atoms. The molecule has 4 unspecified atom stereocenters. The first kappa shape index (κ1) is 17.1. The minimum atomic E-state index is -0.127. The lowest BCUT2D eigenvalue weighted by atomic mass is 9.48. The Kier molecular flexibility index (Phi) is 4.17. The lowest BCUT2D eigenvalue weighted by Crippen LogP contribution is -2.49. The van der Waals surface area contributed by atoms with Crippen molar-refractivity contribution in [2.45, 2.75) is 71.8 Å². The minimum absolute atomic E-state index is 0.112. The molecule has 0 saturated heterocycles. The highest BCUT2D eigenvalue weighted by Crippen LogP contribution is 2.65. The summed E-state index contributed by atoms with van der Waals surface area (Å²) in [7, 11) is 0. The number of fused-ring (bicyclic) bond motifs is 5. The molecule has 4 aliphatic rings. The molecule has 0 radical (unpaired) electrons. The highest BCUT2D eigenvalue weighted by atomic mass is 127. The Balaban J connectivity index is 1.59. The summed E-state index contributed by atoms with van der Waals surface area (Å²) in [5.41, 5.74) is 2.37. The second-order valence-corrected chi connectivity index (χ2v) is 10.1. The second-order valence-electron chi connectivity index (χ2n) is 8.98. The Labute approximate surface area is 159 Å². The van der Waals surface area contributed by atoms with Crippen LogP contribution in [0.1, 0.15) is 65.7 Å². The van der Waals surface area contributed by atoms with Crippen LogP contribution < -0.4 is 0 Å². The van der Waals surface area contributed by atoms with Gasteiger partial charge in [-0.3, -0.25) is 4.79 Å². The molecule has 3 heteroatoms. The van der Waals surface area contributed by atoms with E-state index in [1.54, 1.807) is 9.15 Å². The molecule has 0 aromatic rings. The minimum Gasteiger partial charge on any atom is -0.462 e. The lowest BCUT2D eigenvalue weighted by Gasteiger charge is -2.57. The van der Waals surface area contributed by atoms with Crippen LogP contribution in [0.2, 0.25) is 0 Å². The van der Waals surface area contributed by atoms with Crippen LogP contribution >= 0.6 is 22.6 Å². The summed E-state index contributed by atoms with van der Waals surface area (Å²) in [6.07, 6.45) is 13.6. The van der Waals surface area contributed by atoms with Crippen LogP contribution in [-0.4, -0.2) is 12.1 Å². The van der Waals surface area contributed by atoms with Gasteiger partial charge >= 0.3 is 5.97 Å². The van der Waals surface area contributed by atoms with E-state index in [2.05, 4.69) is 48.6 Å². The second kappa shape index (κ2) is 5.85. The van der Waals surface area contributed by atoms with Gasteiger partial charge in [0.25, 0.3) is 0 Å². The molecular formula is C21H29IO2. The van der Waals surface area contributed by atoms with Gasteiger partial charge < -0.3 is 4.74 Å². The Bertz CT molecular complexity index is 621. The fourth-order valence-corrected chi connectivity index (χ4v) is 7.40. The van der Waals surface area contributed by atoms with Crippen LogP contribution in [0.25, 0.3) is 0 Å². The molecule has 4 rings (SSSR count). The maximum atomic E-state index is 11.3. The highest BCUT2D eigenvalue weighted by molar-refractivity contribution is 14.1. The molecule has 0 heterocycles. The van der Waals surface area contributed by atoms with Crippen LogP contribution in [0.4, 0.5) is 0 Å². The Morgan fingerprint density at radius 3 is 2.62 bits per heavy atom. The molecule has 6 atom stereocenters. The van der Waals surface area contributed by atoms with Gasteiger partial charge in [-0.1, -0.05) is 31.6 Å². The molecule has 2 saturated carbocycles. The van der Waals surface area contributed by atoms with Crippen molar-refractivity contribution in [2.24, 2.45) is 28.6 Å². The molecule has 24 heavy (non-hydrogen) atoms. The molecule has 0 amide bonds. The number of hydrogen-bond acceptors (Lipinski definition) is 2. The van der Waals surface area contributed by atoms with Gasteiger partial charge in [-0.25, -0.2) is 0 Å². The van der Waals surface area contributed by atoms with Gasteiger partial charge in [0.1, 0.15) is 6.10 Å². The summed E-state index contributed by atoms with van der Waals surface area (Å²) >= 11 is 2.60. The number of rotatable bonds is 1. The van der Waals surface area contributed by atoms with Crippen molar-refractivity contribution in [3.05, 3.63) is 21.3 Å². The van der Waals surface area contributed by atoms with E-state index >= 15 is 0 Å². The van der Waals surface area contributed by atoms with Gasteiger partial charge in [0.2, 0.25) is 0 Å². The molecule has 0 N–H and O–H groups in total. The normalized spacial score (nSPS) is 47.0. The van der Waals surface area contributed by atoms with Crippen LogP contribution in [0.5, 0.6) is 0 Å². The molecule has 132 valence electrons. The summed E-state index contributed by atoms with van der Waals surface area (Å²) in [5, 5.41) is 0. The summed E-state index contributed by atoms with van der Waals surface area (Å²) in [6, 6.07) is 0. The lowest BCUT2D eigenvalue weighted by molar-refractivity contribution is -0.148. The van der Waals surface area contributed by atoms with E-state index in [9.17, 15) is 4.79 Å². The predicted octanol–water partition coefficient (Wildman–Crippen LogP) is 5.81. The van der Waals surface area contributed by atoms with Crippen LogP contribution in [0.3, 0.4) is 0 Å². The SMILES string of the molecule is CC(=O)O[C@H]1CCC2(C)C(=CCC3C2CC[C@]2(C)C(I)=CCC32)C1. The average molecular weight is 440 g/mol. The fourth-order valence-electron chi connectivity index (χ4n) is 6.48. The topological polar surface area (TPSA) is 26.3 Å². The number of allylic oxidation sites excluding steroid dienone is 3. The summed E-state index contributed by atoms with van der Waals surface area (Å²) in [4.78, 5) is 11.3. The zero-order valence-corrected chi connectivity index (χ0v) is 17.3. The predicted molar refractivity (Wildman–Crippen MR) is 105 cm³/mol. The molecule has 0 aromatic carbocycles. The average Bonchev–Trinajstić information content (AvgIpc) is 2.83. The third-order valence-electron chi connectivity index (χ3n) is 7.88. The van der Waals surface area contributed by atoms with Crippen molar-refractivity contribution in [1.29, 1.82) is 0 Å². The highest BCUT2D eigenvalue weighted by Gasteiger charge is 2.56. The van der Waals surface area contributed by atoms with Crippen molar-refractivity contribution in [3.63, 3.8) is 0 Å². The van der Waals surface area contributed by atoms with E-state index in [0.717, 1.165) is 30.6 Å². The first-order valence-electron chi connectivity index (χ1n) is 9.57. The third kappa shape index (κ3) is 2.44. The number of hydrogen-bond donors (Lipinski definition) is 0. The third-order valence-corrected chi connectivity index (χ3v) is 9.55. The molecular weight excluding hydrogens is 411 g/mol. The summed E-state index contributed by atoms with van der Waals surface area (Å²) in [5.74, 6) is 2.37. The van der Waals surface area contributed by atoms with E-state index in [4.69, 9.17) is 4.74 Å². The number of halogens is 1. The fraction of sp³-hybridized carbons (Fsp3) is 0.762. The maximum Gasteiger partial charge on any atom is 0.302 e. The number of carbonyl (C=O) groups excluding carboxylic acids is 1. The summed E-state index contributed by atoms with van der Waals surface area (Å²) < 4.78 is 7.14. The zero-order valence-electron chi connectivity index (χ0n) is 15.1. The van der Waals surface area contributed by atoms with Gasteiger partial charge in [-0.2, -0.15) is 0 Å². The van der Waals surface area contributed by atoms with Gasteiger partial charge in [0.15, 0.2) is 0 Å². The number of ether oxygens (including phenoxy) is 1. The van der Waals surface area contributed by atoms with E-state index < -0.39 is 0 Å². The van der Waals surface area contributed by atoms with Crippen molar-refractivity contribution in [2.75, 3.05) is 0 Å². The number of carbonyl (C=O) groups is 1. The molecule has 0 aromatic heterocycles. The van der Waals surface area contributed by atoms with Gasteiger partial charge in [-0.15, -0.1) is 0 Å². The van der Waals surface area contributed by atoms with E-state index in [0.29, 0.717) is 10.8 Å². The van der Waals surface area contributed by atoms with Crippen molar-refractivity contribution in [3.8, 4) is 0 Å². The van der Waals surface area contributed by atoms with Crippen molar-refractivity contribution in [1.82, 2.24) is 0 Å². The van der Waals surface area contributed by atoms with E-state index in [-0.39, 0.29) is 12.1 Å². The number of esters is 1. The van der Waals surface area contributed by atoms with Gasteiger partial charge in [0.05, 0.1) is 0 Å². The van der Waals surface area contributed by atoms with Crippen LogP contribution in [0, 0.1) is 28.6 Å². The molecule has 4 aliphatic carbocycles. The smallest absolute Gasteiger partial charge is 0.302 e. The standard InChI is InChI=1S/C21H29IO2/c1-13(23)24-15-8-10-20(2)14(12-15)4-5-16-17-6-7-19(22)21(17,3)11-9-18(16)20/h4,7,15-18H,5-6,8-12H2,1-3H3/t15-,16?,17?,18?,20?,21-/m0/s1. The quantitative estimate of drug-likeness (QED) is 0.292. The summed E-state index contributed by atoms with van der Waals surface area (Å²) in [6.45, 7) is 6.56. The van der Waals surface area contributed by atoms with Crippen molar-refractivity contribution >= 4 is 28.6 Å². The Hall–Kier alpha value is -0.320. The van der Waals surface area contributed by atoms with E-state index in [1.807, 2.05) is 0 Å². The molecule has 0 aliphatic heterocycles. The van der Waals surface area contributed by atoms with E-state index in [1.165, 1.54) is 39.0 Å².